The van der Waals surface area contributed by atoms with Crippen LogP contribution in [0.25, 0.3) is 11.0 Å². The molecule has 1 N–H and O–H groups in total. The Kier molecular flexibility index (Phi) is 5.96. The maximum atomic E-state index is 12.1. The van der Waals surface area contributed by atoms with E-state index in [9.17, 15) is 14.4 Å². The number of hydrogen-bond donors (Lipinski definition) is 1. The highest BCUT2D eigenvalue weighted by Gasteiger charge is 2.18. The molecule has 3 rings (SSSR count). The smallest absolute Gasteiger partial charge is 0.344 e. The maximum Gasteiger partial charge on any atom is 0.344 e. The van der Waals surface area contributed by atoms with Crippen molar-refractivity contribution in [2.75, 3.05) is 11.9 Å². The van der Waals surface area contributed by atoms with Gasteiger partial charge >= 0.3 is 11.6 Å². The summed E-state index contributed by atoms with van der Waals surface area (Å²) in [5.41, 5.74) is 0.393. The molecule has 0 aliphatic carbocycles. The molecular formula is C20H16ClNO6. The zero-order valence-electron chi connectivity index (χ0n) is 14.8. The van der Waals surface area contributed by atoms with Crippen molar-refractivity contribution in [2.45, 2.75) is 13.0 Å². The molecule has 144 valence electrons. The Labute approximate surface area is 164 Å². The zero-order valence-corrected chi connectivity index (χ0v) is 15.6. The van der Waals surface area contributed by atoms with Crippen LogP contribution >= 0.6 is 11.6 Å². The van der Waals surface area contributed by atoms with E-state index in [1.54, 1.807) is 42.5 Å². The van der Waals surface area contributed by atoms with Crippen molar-refractivity contribution in [2.24, 2.45) is 0 Å². The van der Waals surface area contributed by atoms with Crippen LogP contribution in [-0.4, -0.2) is 24.6 Å². The van der Waals surface area contributed by atoms with Gasteiger partial charge < -0.3 is 19.2 Å². The lowest BCUT2D eigenvalue weighted by Crippen LogP contribution is -2.31. The highest BCUT2D eigenvalue weighted by molar-refractivity contribution is 6.30. The van der Waals surface area contributed by atoms with E-state index in [0.717, 1.165) is 5.39 Å². The van der Waals surface area contributed by atoms with Gasteiger partial charge in [-0.1, -0.05) is 11.6 Å². The zero-order chi connectivity index (χ0) is 20.1. The van der Waals surface area contributed by atoms with Gasteiger partial charge in [-0.15, -0.1) is 0 Å². The van der Waals surface area contributed by atoms with Crippen molar-refractivity contribution >= 4 is 40.1 Å². The SMILES string of the molecule is CC(OC(=O)COc1ccc2ccc(=O)oc2c1)C(=O)Nc1ccc(Cl)cc1. The summed E-state index contributed by atoms with van der Waals surface area (Å²) in [5.74, 6) is -0.867. The van der Waals surface area contributed by atoms with E-state index in [4.69, 9.17) is 25.5 Å². The molecule has 1 amide bonds. The number of carbonyl (C=O) groups is 2. The van der Waals surface area contributed by atoms with Crippen LogP contribution < -0.4 is 15.7 Å². The first-order valence-electron chi connectivity index (χ1n) is 8.33. The molecule has 0 fully saturated rings. The molecule has 1 heterocycles. The molecule has 7 nitrogen and oxygen atoms in total. The van der Waals surface area contributed by atoms with E-state index in [1.165, 1.54) is 19.1 Å². The Morgan fingerprint density at radius 2 is 1.82 bits per heavy atom. The van der Waals surface area contributed by atoms with Gasteiger partial charge in [0, 0.05) is 28.2 Å². The molecular weight excluding hydrogens is 386 g/mol. The first-order chi connectivity index (χ1) is 13.4. The highest BCUT2D eigenvalue weighted by Crippen LogP contribution is 2.19. The lowest BCUT2D eigenvalue weighted by Gasteiger charge is -2.14. The average Bonchev–Trinajstić information content (AvgIpc) is 2.67. The van der Waals surface area contributed by atoms with Gasteiger partial charge in [0.1, 0.15) is 11.3 Å². The summed E-state index contributed by atoms with van der Waals surface area (Å²) >= 11 is 5.79. The Morgan fingerprint density at radius 3 is 2.57 bits per heavy atom. The summed E-state index contributed by atoms with van der Waals surface area (Å²) in [6, 6.07) is 14.3. The number of anilines is 1. The molecule has 0 bridgehead atoms. The number of hydrogen-bond acceptors (Lipinski definition) is 6. The van der Waals surface area contributed by atoms with Gasteiger partial charge in [0.25, 0.3) is 5.91 Å². The molecule has 1 aromatic heterocycles. The van der Waals surface area contributed by atoms with Crippen LogP contribution in [-0.2, 0) is 14.3 Å². The lowest BCUT2D eigenvalue weighted by molar-refractivity contribution is -0.155. The van der Waals surface area contributed by atoms with Crippen molar-refractivity contribution in [1.29, 1.82) is 0 Å². The minimum absolute atomic E-state index is 0.331. The van der Waals surface area contributed by atoms with E-state index in [1.807, 2.05) is 0 Å². The predicted molar refractivity (Wildman–Crippen MR) is 104 cm³/mol. The monoisotopic (exact) mass is 401 g/mol. The molecule has 0 saturated carbocycles. The van der Waals surface area contributed by atoms with Crippen LogP contribution in [0.4, 0.5) is 5.69 Å². The molecule has 28 heavy (non-hydrogen) atoms. The number of benzene rings is 2. The quantitative estimate of drug-likeness (QED) is 0.502. The van der Waals surface area contributed by atoms with Gasteiger partial charge in [0.2, 0.25) is 0 Å². The van der Waals surface area contributed by atoms with Crippen LogP contribution in [0.15, 0.2) is 63.8 Å². The van der Waals surface area contributed by atoms with Gasteiger partial charge in [-0.2, -0.15) is 0 Å². The minimum atomic E-state index is -1.01. The van der Waals surface area contributed by atoms with Gasteiger partial charge in [-0.05, 0) is 49.4 Å². The fourth-order valence-corrected chi connectivity index (χ4v) is 2.46. The Morgan fingerprint density at radius 1 is 1.11 bits per heavy atom. The number of ether oxygens (including phenoxy) is 2. The van der Waals surface area contributed by atoms with Crippen LogP contribution in [0, 0.1) is 0 Å². The highest BCUT2D eigenvalue weighted by atomic mass is 35.5. The summed E-state index contributed by atoms with van der Waals surface area (Å²) in [5, 5.41) is 3.88. The average molecular weight is 402 g/mol. The summed E-state index contributed by atoms with van der Waals surface area (Å²) in [7, 11) is 0. The fraction of sp³-hybridized carbons (Fsp3) is 0.150. The Bertz CT molecular complexity index is 1060. The second kappa shape index (κ2) is 8.58. The van der Waals surface area contributed by atoms with Gasteiger partial charge in [-0.25, -0.2) is 9.59 Å². The first kappa shape index (κ1) is 19.4. The number of amides is 1. The third-order valence-corrected chi connectivity index (χ3v) is 3.99. The van der Waals surface area contributed by atoms with Crippen LogP contribution in [0.2, 0.25) is 5.02 Å². The number of halogens is 1. The van der Waals surface area contributed by atoms with Crippen molar-refractivity contribution in [3.05, 3.63) is 70.0 Å². The molecule has 0 aliphatic heterocycles. The van der Waals surface area contributed by atoms with E-state index in [2.05, 4.69) is 5.32 Å². The third-order valence-electron chi connectivity index (χ3n) is 3.74. The van der Waals surface area contributed by atoms with Gasteiger partial charge in [0.15, 0.2) is 12.7 Å². The maximum absolute atomic E-state index is 12.1. The molecule has 0 saturated heterocycles. The lowest BCUT2D eigenvalue weighted by atomic mass is 10.2. The number of esters is 1. The Hall–Kier alpha value is -3.32. The molecule has 0 radical (unpaired) electrons. The summed E-state index contributed by atoms with van der Waals surface area (Å²) < 4.78 is 15.5. The predicted octanol–water partition coefficient (Wildman–Crippen LogP) is 3.40. The fourth-order valence-electron chi connectivity index (χ4n) is 2.33. The normalized spacial score (nSPS) is 11.6. The number of carbonyl (C=O) groups excluding carboxylic acids is 2. The van der Waals surface area contributed by atoms with Gasteiger partial charge in [-0.3, -0.25) is 4.79 Å². The van der Waals surface area contributed by atoms with E-state index < -0.39 is 30.2 Å². The van der Waals surface area contributed by atoms with Crippen molar-refractivity contribution < 1.29 is 23.5 Å². The van der Waals surface area contributed by atoms with Crippen LogP contribution in [0.3, 0.4) is 0 Å². The van der Waals surface area contributed by atoms with Crippen LogP contribution in [0.1, 0.15) is 6.92 Å². The van der Waals surface area contributed by atoms with E-state index in [0.29, 0.717) is 22.0 Å². The largest absolute Gasteiger partial charge is 0.482 e. The molecule has 2 aromatic carbocycles. The molecule has 0 spiro atoms. The second-order valence-electron chi connectivity index (χ2n) is 5.87. The molecule has 0 aliphatic rings. The van der Waals surface area contributed by atoms with Crippen molar-refractivity contribution in [1.82, 2.24) is 0 Å². The number of fused-ring (bicyclic) bond motifs is 1. The second-order valence-corrected chi connectivity index (χ2v) is 6.31. The molecule has 8 heteroatoms. The standard InChI is InChI=1S/C20H16ClNO6/c1-12(20(25)22-15-6-4-14(21)5-7-15)27-19(24)11-26-16-8-2-13-3-9-18(23)28-17(13)10-16/h2-10,12H,11H2,1H3,(H,22,25). The van der Waals surface area contributed by atoms with Crippen molar-refractivity contribution in [3.63, 3.8) is 0 Å². The molecule has 3 aromatic rings. The third kappa shape index (κ3) is 5.11. The summed E-state index contributed by atoms with van der Waals surface area (Å²) in [6.45, 7) is 1.05. The van der Waals surface area contributed by atoms with Crippen molar-refractivity contribution in [3.8, 4) is 5.75 Å². The summed E-state index contributed by atoms with van der Waals surface area (Å²) in [4.78, 5) is 35.3. The van der Waals surface area contributed by atoms with E-state index in [-0.39, 0.29) is 0 Å². The number of rotatable bonds is 6. The summed E-state index contributed by atoms with van der Waals surface area (Å²) in [6.07, 6.45) is -1.01. The van der Waals surface area contributed by atoms with E-state index >= 15 is 0 Å². The first-order valence-corrected chi connectivity index (χ1v) is 8.71. The molecule has 1 unspecified atom stereocenters. The minimum Gasteiger partial charge on any atom is -0.482 e. The van der Waals surface area contributed by atoms with Crippen LogP contribution in [0.5, 0.6) is 5.75 Å². The number of nitrogens with one attached hydrogen (secondary N) is 1. The topological polar surface area (TPSA) is 94.8 Å². The molecule has 1 atom stereocenters. The Balaban J connectivity index is 1.52. The van der Waals surface area contributed by atoms with Gasteiger partial charge in [0.05, 0.1) is 0 Å².